The Bertz CT molecular complexity index is 63.4. The average Bonchev–Trinajstić information content (AvgIpc) is 1.58. The minimum absolute atomic E-state index is 0. The maximum Gasteiger partial charge on any atom is 0.103 e. The maximum atomic E-state index is 11.9. The topological polar surface area (TPSA) is 12.0 Å². The molecule has 0 aromatic carbocycles. The summed E-state index contributed by atoms with van der Waals surface area (Å²) >= 11 is 0. The molecule has 3 heteroatoms. The van der Waals surface area contributed by atoms with Gasteiger partial charge in [-0.3, -0.25) is 0 Å². The molecule has 0 unspecified atom stereocenters. The molecule has 0 atom stereocenters. The predicted octanol–water partition coefficient (Wildman–Crippen LogP) is 1.13. The zero-order valence-electron chi connectivity index (χ0n) is 4.86. The van der Waals surface area contributed by atoms with E-state index >= 15 is 0 Å². The van der Waals surface area contributed by atoms with Gasteiger partial charge in [-0.1, -0.05) is 0 Å². The fourth-order valence-electron chi connectivity index (χ4n) is 0.784. The summed E-state index contributed by atoms with van der Waals surface area (Å²) in [6.07, 6.45) is 0.921. The maximum absolute atomic E-state index is 11.9. The van der Waals surface area contributed by atoms with Gasteiger partial charge in [-0.15, -0.1) is 12.4 Å². The van der Waals surface area contributed by atoms with Gasteiger partial charge >= 0.3 is 0 Å². The average molecular weight is 140 g/mol. The molecule has 0 amide bonds. The number of rotatable bonds is 1. The van der Waals surface area contributed by atoms with Crippen LogP contribution < -0.4 is 5.32 Å². The molecule has 1 nitrogen and oxygen atoms in total. The summed E-state index contributed by atoms with van der Waals surface area (Å²) in [5.74, 6) is 0. The number of nitrogens with one attached hydrogen (secondary N) is 1. The summed E-state index contributed by atoms with van der Waals surface area (Å²) in [7, 11) is 1.87. The number of hydrogen-bond acceptors (Lipinski definition) is 1. The van der Waals surface area contributed by atoms with Gasteiger partial charge in [0.25, 0.3) is 0 Å². The number of halogens is 2. The molecule has 0 aromatic rings. The van der Waals surface area contributed by atoms with Crippen molar-refractivity contribution in [1.82, 2.24) is 5.32 Å². The Kier molecular flexibility index (Phi) is 3.33. The molecule has 0 radical (unpaired) electrons. The molecule has 1 aliphatic rings. The van der Waals surface area contributed by atoms with E-state index < -0.39 is 6.17 Å². The first-order valence-corrected chi connectivity index (χ1v) is 2.64. The van der Waals surface area contributed by atoms with Crippen LogP contribution in [0.5, 0.6) is 0 Å². The van der Waals surface area contributed by atoms with Gasteiger partial charge in [-0.2, -0.15) is 0 Å². The Morgan fingerprint density at radius 2 is 2.00 bits per heavy atom. The van der Waals surface area contributed by atoms with E-state index in [2.05, 4.69) is 5.32 Å². The van der Waals surface area contributed by atoms with Crippen molar-refractivity contribution >= 4 is 12.4 Å². The van der Waals surface area contributed by atoms with Crippen molar-refractivity contribution in [2.24, 2.45) is 0 Å². The first kappa shape index (κ1) is 8.18. The van der Waals surface area contributed by atoms with Crippen LogP contribution in [-0.2, 0) is 0 Å². The minimum atomic E-state index is -0.516. The highest BCUT2D eigenvalue weighted by Gasteiger charge is 2.26. The monoisotopic (exact) mass is 139 g/mol. The second kappa shape index (κ2) is 3.25. The van der Waals surface area contributed by atoms with E-state index in [1.54, 1.807) is 0 Å². The van der Waals surface area contributed by atoms with Crippen molar-refractivity contribution < 1.29 is 4.39 Å². The van der Waals surface area contributed by atoms with Crippen molar-refractivity contribution in [3.63, 3.8) is 0 Å². The van der Waals surface area contributed by atoms with Crippen molar-refractivity contribution in [1.29, 1.82) is 0 Å². The zero-order valence-corrected chi connectivity index (χ0v) is 5.67. The number of alkyl halides is 1. The Balaban J connectivity index is 0.000000490. The van der Waals surface area contributed by atoms with E-state index in [4.69, 9.17) is 0 Å². The molecule has 1 rings (SSSR count). The van der Waals surface area contributed by atoms with Crippen LogP contribution in [0.25, 0.3) is 0 Å². The van der Waals surface area contributed by atoms with E-state index in [1.165, 1.54) is 0 Å². The van der Waals surface area contributed by atoms with Crippen LogP contribution in [0.4, 0.5) is 4.39 Å². The highest BCUT2D eigenvalue weighted by molar-refractivity contribution is 5.85. The molecule has 8 heavy (non-hydrogen) atoms. The Morgan fingerprint density at radius 1 is 1.50 bits per heavy atom. The first-order chi connectivity index (χ1) is 3.33. The Labute approximate surface area is 55.1 Å². The summed E-state index contributed by atoms with van der Waals surface area (Å²) in [4.78, 5) is 0. The van der Waals surface area contributed by atoms with E-state index in [0.717, 1.165) is 12.8 Å². The third-order valence-corrected chi connectivity index (χ3v) is 1.49. The normalized spacial score (nSPS) is 35.2. The highest BCUT2D eigenvalue weighted by atomic mass is 35.5. The Hall–Kier alpha value is 0.180. The second-order valence-electron chi connectivity index (χ2n) is 2.05. The van der Waals surface area contributed by atoms with Gasteiger partial charge in [0.05, 0.1) is 0 Å². The van der Waals surface area contributed by atoms with E-state index in [-0.39, 0.29) is 12.4 Å². The van der Waals surface area contributed by atoms with Gasteiger partial charge in [0, 0.05) is 6.04 Å². The quantitative estimate of drug-likeness (QED) is 0.574. The van der Waals surface area contributed by atoms with Crippen molar-refractivity contribution in [2.45, 2.75) is 25.1 Å². The van der Waals surface area contributed by atoms with Gasteiger partial charge < -0.3 is 5.32 Å². The fourth-order valence-corrected chi connectivity index (χ4v) is 0.784. The summed E-state index contributed by atoms with van der Waals surface area (Å²) in [6.45, 7) is 0. The molecule has 1 N–H and O–H groups in total. The van der Waals surface area contributed by atoms with E-state index in [9.17, 15) is 4.39 Å². The molecule has 0 heterocycles. The van der Waals surface area contributed by atoms with Crippen LogP contribution in [-0.4, -0.2) is 19.3 Å². The Morgan fingerprint density at radius 3 is 2.12 bits per heavy atom. The van der Waals surface area contributed by atoms with Gasteiger partial charge in [0.15, 0.2) is 0 Å². The third-order valence-electron chi connectivity index (χ3n) is 1.49. The highest BCUT2D eigenvalue weighted by Crippen LogP contribution is 2.21. The smallest absolute Gasteiger partial charge is 0.103 e. The largest absolute Gasteiger partial charge is 0.317 e. The standard InChI is InChI=1S/C5H10FN.ClH/c1-7-5-2-4(6)3-5;/h4-5,7H,2-3H2,1H3;1H/t4-,5-;. The summed E-state index contributed by atoms with van der Waals surface area (Å²) < 4.78 is 11.9. The second-order valence-corrected chi connectivity index (χ2v) is 2.05. The lowest BCUT2D eigenvalue weighted by molar-refractivity contribution is 0.162. The molecule has 0 saturated heterocycles. The van der Waals surface area contributed by atoms with E-state index in [1.807, 2.05) is 7.05 Å². The van der Waals surface area contributed by atoms with Gasteiger partial charge in [-0.25, -0.2) is 4.39 Å². The van der Waals surface area contributed by atoms with Crippen LogP contribution >= 0.6 is 12.4 Å². The van der Waals surface area contributed by atoms with Crippen LogP contribution in [0.3, 0.4) is 0 Å². The predicted molar refractivity (Wildman–Crippen MR) is 34.2 cm³/mol. The lowest BCUT2D eigenvalue weighted by Crippen LogP contribution is -2.39. The fraction of sp³-hybridized carbons (Fsp3) is 1.00. The van der Waals surface area contributed by atoms with Crippen molar-refractivity contribution in [3.8, 4) is 0 Å². The van der Waals surface area contributed by atoms with Crippen molar-refractivity contribution in [2.75, 3.05) is 7.05 Å². The first-order valence-electron chi connectivity index (χ1n) is 2.64. The molecule has 0 spiro atoms. The van der Waals surface area contributed by atoms with E-state index in [0.29, 0.717) is 6.04 Å². The van der Waals surface area contributed by atoms with Crippen LogP contribution in [0.2, 0.25) is 0 Å². The van der Waals surface area contributed by atoms with Gasteiger partial charge in [-0.05, 0) is 19.9 Å². The van der Waals surface area contributed by atoms with Crippen LogP contribution in [0.1, 0.15) is 12.8 Å². The van der Waals surface area contributed by atoms with Crippen molar-refractivity contribution in [3.05, 3.63) is 0 Å². The molecule has 1 saturated carbocycles. The third kappa shape index (κ3) is 1.60. The minimum Gasteiger partial charge on any atom is -0.317 e. The molecule has 1 aliphatic carbocycles. The summed E-state index contributed by atoms with van der Waals surface area (Å²) in [6, 6.07) is 0.468. The zero-order chi connectivity index (χ0) is 5.28. The molecule has 0 aliphatic heterocycles. The van der Waals surface area contributed by atoms with Crippen LogP contribution in [0, 0.1) is 0 Å². The van der Waals surface area contributed by atoms with Crippen LogP contribution in [0.15, 0.2) is 0 Å². The molecule has 0 aromatic heterocycles. The summed E-state index contributed by atoms with van der Waals surface area (Å²) in [5, 5.41) is 2.99. The lowest BCUT2D eigenvalue weighted by Gasteiger charge is -2.28. The van der Waals surface area contributed by atoms with Gasteiger partial charge in [0.1, 0.15) is 6.17 Å². The lowest BCUT2D eigenvalue weighted by atomic mass is 9.91. The molecular formula is C5H11ClFN. The molecular weight excluding hydrogens is 129 g/mol. The molecule has 1 fully saturated rings. The number of hydrogen-bond donors (Lipinski definition) is 1. The molecule has 0 bridgehead atoms. The molecule has 50 valence electrons. The summed E-state index contributed by atoms with van der Waals surface area (Å²) in [5.41, 5.74) is 0. The van der Waals surface area contributed by atoms with Gasteiger partial charge in [0.2, 0.25) is 0 Å². The SMILES string of the molecule is CN[C@H]1C[C@H](F)C1.Cl.